The van der Waals surface area contributed by atoms with Crippen LogP contribution in [-0.4, -0.2) is 14.3 Å². The fraction of sp³-hybridized carbons (Fsp3) is 0.133. The van der Waals surface area contributed by atoms with Crippen molar-refractivity contribution < 1.29 is 34.5 Å². The molecule has 1 amide bonds. The van der Waals surface area contributed by atoms with Crippen LogP contribution in [-0.2, 0) is 16.7 Å². The second kappa shape index (κ2) is 6.71. The first-order valence-corrected chi connectivity index (χ1v) is 8.00. The van der Waals surface area contributed by atoms with Crippen LogP contribution in [0.15, 0.2) is 42.5 Å². The van der Waals surface area contributed by atoms with Gasteiger partial charge in [-0.25, -0.2) is 0 Å². The maximum Gasteiger partial charge on any atom is 0.488 e. The molecular formula is C15H11F4NO4S. The van der Waals surface area contributed by atoms with E-state index in [4.69, 9.17) is 0 Å². The Morgan fingerprint density at radius 1 is 1.12 bits per heavy atom. The molecule has 1 N–H and O–H groups in total. The average Bonchev–Trinajstić information content (AvgIpc) is 2.47. The number of carbonyl (C=O) groups is 1. The van der Waals surface area contributed by atoms with E-state index in [0.29, 0.717) is 0 Å². The fourth-order valence-corrected chi connectivity index (χ4v) is 2.31. The molecule has 0 atom stereocenters. The lowest BCUT2D eigenvalue weighted by Gasteiger charge is -2.11. The van der Waals surface area contributed by atoms with Gasteiger partial charge in [0, 0.05) is 11.3 Å². The highest BCUT2D eigenvalue weighted by atomic mass is 32.3. The third kappa shape index (κ3) is 5.18. The van der Waals surface area contributed by atoms with Gasteiger partial charge in [-0.05, 0) is 42.8 Å². The second-order valence-corrected chi connectivity index (χ2v) is 5.94. The Balaban J connectivity index is 2.26. The van der Waals surface area contributed by atoms with E-state index >= 15 is 0 Å². The Kier molecular flexibility index (Phi) is 5.02. The van der Waals surface area contributed by atoms with E-state index in [1.807, 2.05) is 0 Å². The van der Waals surface area contributed by atoms with Crippen LogP contribution in [0.1, 0.15) is 21.5 Å². The van der Waals surface area contributed by atoms with Gasteiger partial charge in [-0.1, -0.05) is 16.0 Å². The first kappa shape index (κ1) is 18.7. The number of aryl methyl sites for hydroxylation is 1. The summed E-state index contributed by atoms with van der Waals surface area (Å²) in [5.74, 6) is -1.22. The van der Waals surface area contributed by atoms with Gasteiger partial charge in [0.2, 0.25) is 0 Å². The van der Waals surface area contributed by atoms with Crippen LogP contribution in [0.3, 0.4) is 0 Å². The normalized spacial score (nSPS) is 11.9. The van der Waals surface area contributed by atoms with Gasteiger partial charge in [0.25, 0.3) is 5.91 Å². The van der Waals surface area contributed by atoms with Crippen LogP contribution in [0.25, 0.3) is 0 Å². The molecular weight excluding hydrogens is 366 g/mol. The van der Waals surface area contributed by atoms with E-state index in [-0.39, 0.29) is 16.8 Å². The van der Waals surface area contributed by atoms with Crippen molar-refractivity contribution in [3.63, 3.8) is 0 Å². The van der Waals surface area contributed by atoms with Gasteiger partial charge in [-0.3, -0.25) is 4.79 Å². The van der Waals surface area contributed by atoms with Crippen LogP contribution in [0.4, 0.5) is 22.7 Å². The Labute approximate surface area is 140 Å². The molecule has 2 rings (SSSR count). The number of nitrogens with one attached hydrogen (secondary N) is 1. The van der Waals surface area contributed by atoms with Crippen molar-refractivity contribution in [2.75, 3.05) is 5.32 Å². The summed E-state index contributed by atoms with van der Waals surface area (Å²) in [6, 6.07) is 7.53. The SMILES string of the molecule is Cc1ccc(C(=O)Nc2cccc(C(F)(F)F)c2)cc1OS(=O)(=O)F. The summed E-state index contributed by atoms with van der Waals surface area (Å²) in [6.45, 7) is 1.43. The number of anilines is 1. The lowest BCUT2D eigenvalue weighted by atomic mass is 10.1. The molecule has 134 valence electrons. The van der Waals surface area contributed by atoms with E-state index in [1.165, 1.54) is 25.1 Å². The van der Waals surface area contributed by atoms with Crippen LogP contribution in [0.5, 0.6) is 5.75 Å². The Morgan fingerprint density at radius 2 is 1.80 bits per heavy atom. The minimum atomic E-state index is -5.28. The third-order valence-electron chi connectivity index (χ3n) is 3.09. The molecule has 2 aromatic carbocycles. The van der Waals surface area contributed by atoms with Crippen molar-refractivity contribution in [2.24, 2.45) is 0 Å². The topological polar surface area (TPSA) is 72.5 Å². The number of halogens is 4. The number of alkyl halides is 3. The van der Waals surface area contributed by atoms with Crippen LogP contribution in [0.2, 0.25) is 0 Å². The van der Waals surface area contributed by atoms with Gasteiger partial charge < -0.3 is 9.50 Å². The molecule has 10 heteroatoms. The number of hydrogen-bond acceptors (Lipinski definition) is 4. The molecule has 0 saturated heterocycles. The smallest absolute Gasteiger partial charge is 0.358 e. The number of amides is 1. The monoisotopic (exact) mass is 377 g/mol. The zero-order valence-corrected chi connectivity index (χ0v) is 13.4. The average molecular weight is 377 g/mol. The molecule has 0 aliphatic rings. The number of carbonyl (C=O) groups excluding carboxylic acids is 1. The van der Waals surface area contributed by atoms with E-state index in [2.05, 4.69) is 9.50 Å². The van der Waals surface area contributed by atoms with Crippen molar-refractivity contribution in [1.29, 1.82) is 0 Å². The van der Waals surface area contributed by atoms with E-state index in [1.54, 1.807) is 0 Å². The molecule has 0 fully saturated rings. The summed E-state index contributed by atoms with van der Waals surface area (Å²) in [6.07, 6.45) is -4.57. The summed E-state index contributed by atoms with van der Waals surface area (Å²) < 4.78 is 75.9. The van der Waals surface area contributed by atoms with Gasteiger partial charge >= 0.3 is 16.7 Å². The summed E-state index contributed by atoms with van der Waals surface area (Å²) in [4.78, 5) is 12.1. The number of benzene rings is 2. The maximum atomic E-state index is 12.7. The van der Waals surface area contributed by atoms with E-state index in [9.17, 15) is 30.3 Å². The van der Waals surface area contributed by atoms with Crippen LogP contribution in [0, 0.1) is 6.92 Å². The highest BCUT2D eigenvalue weighted by Crippen LogP contribution is 2.31. The standard InChI is InChI=1S/C15H11F4NO4S/c1-9-5-6-10(7-13(9)24-25(19,22)23)14(21)20-12-4-2-3-11(8-12)15(16,17)18/h2-8H,1H3,(H,20,21). The zero-order valence-electron chi connectivity index (χ0n) is 12.6. The van der Waals surface area contributed by atoms with Gasteiger partial charge in [0.15, 0.2) is 0 Å². The molecule has 0 aliphatic heterocycles. The molecule has 0 spiro atoms. The number of rotatable bonds is 4. The molecule has 0 heterocycles. The molecule has 0 saturated carbocycles. The van der Waals surface area contributed by atoms with Crippen LogP contribution >= 0.6 is 0 Å². The molecule has 0 bridgehead atoms. The molecule has 0 aliphatic carbocycles. The van der Waals surface area contributed by atoms with Gasteiger partial charge in [-0.2, -0.15) is 21.6 Å². The molecule has 25 heavy (non-hydrogen) atoms. The summed E-state index contributed by atoms with van der Waals surface area (Å²) in [5.41, 5.74) is -0.929. The molecule has 0 unspecified atom stereocenters. The number of hydrogen-bond donors (Lipinski definition) is 1. The summed E-state index contributed by atoms with van der Waals surface area (Å²) in [7, 11) is -5.28. The predicted molar refractivity (Wildman–Crippen MR) is 81.2 cm³/mol. The highest BCUT2D eigenvalue weighted by Gasteiger charge is 2.30. The van der Waals surface area contributed by atoms with Crippen molar-refractivity contribution in [1.82, 2.24) is 0 Å². The van der Waals surface area contributed by atoms with Gasteiger partial charge in [0.1, 0.15) is 5.75 Å². The highest BCUT2D eigenvalue weighted by molar-refractivity contribution is 7.81. The largest absolute Gasteiger partial charge is 0.488 e. The van der Waals surface area contributed by atoms with Crippen molar-refractivity contribution in [2.45, 2.75) is 13.1 Å². The lowest BCUT2D eigenvalue weighted by molar-refractivity contribution is -0.137. The lowest BCUT2D eigenvalue weighted by Crippen LogP contribution is -2.14. The maximum absolute atomic E-state index is 12.7. The Bertz CT molecular complexity index is 910. The summed E-state index contributed by atoms with van der Waals surface area (Å²) in [5, 5.41) is 2.24. The Hall–Kier alpha value is -2.62. The van der Waals surface area contributed by atoms with Crippen molar-refractivity contribution in [3.8, 4) is 5.75 Å². The van der Waals surface area contributed by atoms with E-state index < -0.39 is 33.9 Å². The van der Waals surface area contributed by atoms with Crippen molar-refractivity contribution >= 4 is 22.1 Å². The fourth-order valence-electron chi connectivity index (χ4n) is 1.91. The second-order valence-electron chi connectivity index (χ2n) is 4.99. The quantitative estimate of drug-likeness (QED) is 0.649. The summed E-state index contributed by atoms with van der Waals surface area (Å²) >= 11 is 0. The van der Waals surface area contributed by atoms with Crippen LogP contribution < -0.4 is 9.50 Å². The predicted octanol–water partition coefficient (Wildman–Crippen LogP) is 3.86. The third-order valence-corrected chi connectivity index (χ3v) is 3.47. The first-order valence-electron chi connectivity index (χ1n) is 6.69. The minimum Gasteiger partial charge on any atom is -0.358 e. The van der Waals surface area contributed by atoms with Gasteiger partial charge in [-0.15, -0.1) is 0 Å². The molecule has 0 aromatic heterocycles. The van der Waals surface area contributed by atoms with E-state index in [0.717, 1.165) is 24.3 Å². The first-order chi connectivity index (χ1) is 11.5. The Morgan fingerprint density at radius 3 is 2.40 bits per heavy atom. The molecule has 5 nitrogen and oxygen atoms in total. The molecule has 0 radical (unpaired) electrons. The van der Waals surface area contributed by atoms with Gasteiger partial charge in [0.05, 0.1) is 5.56 Å². The zero-order chi connectivity index (χ0) is 18.8. The minimum absolute atomic E-state index is 0.110. The van der Waals surface area contributed by atoms with Crippen molar-refractivity contribution in [3.05, 3.63) is 59.2 Å². The molecule has 2 aromatic rings.